The minimum absolute atomic E-state index is 0.410. The minimum Gasteiger partial charge on any atom is -0.463 e. The van der Waals surface area contributed by atoms with E-state index in [-0.39, 0.29) is 0 Å². The molecule has 0 atom stereocenters. The third kappa shape index (κ3) is 2.27. The zero-order chi connectivity index (χ0) is 8.97. The van der Waals surface area contributed by atoms with Crippen molar-refractivity contribution in [2.45, 2.75) is 6.92 Å². The highest BCUT2D eigenvalue weighted by atomic mass is 35.5. The molecule has 12 heavy (non-hydrogen) atoms. The minimum atomic E-state index is -0.856. The summed E-state index contributed by atoms with van der Waals surface area (Å²) in [6.45, 7) is 0.982. The van der Waals surface area contributed by atoms with E-state index in [1.165, 1.54) is 6.07 Å². The number of alkyl halides is 1. The molecule has 0 fully saturated rings. The largest absolute Gasteiger partial charge is 0.463 e. The predicted octanol–water partition coefficient (Wildman–Crippen LogP) is 2.83. The standard InChI is InChI=1S/C8H8ClFO2/c1-6-2-7(11-5-10)4-8(3-6)12-9/h2-4H,5H2,1H3. The molecular formula is C8H8ClFO2. The molecule has 0 radical (unpaired) electrons. The van der Waals surface area contributed by atoms with Crippen molar-refractivity contribution >= 4 is 11.9 Å². The Morgan fingerprint density at radius 3 is 2.58 bits per heavy atom. The monoisotopic (exact) mass is 190 g/mol. The first-order valence-electron chi connectivity index (χ1n) is 3.35. The van der Waals surface area contributed by atoms with E-state index >= 15 is 0 Å². The van der Waals surface area contributed by atoms with Gasteiger partial charge in [-0.1, -0.05) is 0 Å². The summed E-state index contributed by atoms with van der Waals surface area (Å²) >= 11 is 5.12. The molecule has 1 rings (SSSR count). The smallest absolute Gasteiger partial charge is 0.228 e. The van der Waals surface area contributed by atoms with Gasteiger partial charge in [0.05, 0.1) is 0 Å². The predicted molar refractivity (Wildman–Crippen MR) is 44.3 cm³/mol. The van der Waals surface area contributed by atoms with Crippen molar-refractivity contribution in [1.82, 2.24) is 0 Å². The highest BCUT2D eigenvalue weighted by Crippen LogP contribution is 2.23. The summed E-state index contributed by atoms with van der Waals surface area (Å²) in [6, 6.07) is 4.93. The van der Waals surface area contributed by atoms with E-state index in [2.05, 4.69) is 9.03 Å². The van der Waals surface area contributed by atoms with Gasteiger partial charge in [-0.2, -0.15) is 0 Å². The second kappa shape index (κ2) is 4.16. The summed E-state index contributed by atoms with van der Waals surface area (Å²) in [5.41, 5.74) is 0.900. The number of halogens is 2. The van der Waals surface area contributed by atoms with Gasteiger partial charge in [0, 0.05) is 6.07 Å². The average molecular weight is 191 g/mol. The van der Waals surface area contributed by atoms with E-state index in [1.807, 2.05) is 6.92 Å². The molecule has 0 unspecified atom stereocenters. The van der Waals surface area contributed by atoms with Crippen LogP contribution in [0.15, 0.2) is 18.2 Å². The topological polar surface area (TPSA) is 18.5 Å². The molecule has 0 N–H and O–H groups in total. The van der Waals surface area contributed by atoms with Crippen LogP contribution < -0.4 is 9.03 Å². The maximum Gasteiger partial charge on any atom is 0.228 e. The van der Waals surface area contributed by atoms with Crippen LogP contribution in [0, 0.1) is 6.92 Å². The Morgan fingerprint density at radius 2 is 2.00 bits per heavy atom. The van der Waals surface area contributed by atoms with Crippen LogP contribution in [0.25, 0.3) is 0 Å². The van der Waals surface area contributed by atoms with Crippen LogP contribution in [-0.2, 0) is 0 Å². The van der Waals surface area contributed by atoms with Crippen LogP contribution in [0.3, 0.4) is 0 Å². The van der Waals surface area contributed by atoms with Crippen LogP contribution in [0.1, 0.15) is 5.56 Å². The van der Waals surface area contributed by atoms with E-state index in [9.17, 15) is 4.39 Å². The molecule has 0 aliphatic carbocycles. The van der Waals surface area contributed by atoms with Crippen molar-refractivity contribution in [2.75, 3.05) is 6.86 Å². The van der Waals surface area contributed by atoms with Crippen molar-refractivity contribution in [3.63, 3.8) is 0 Å². The van der Waals surface area contributed by atoms with Gasteiger partial charge in [-0.3, -0.25) is 0 Å². The Balaban J connectivity index is 2.90. The van der Waals surface area contributed by atoms with E-state index in [4.69, 9.17) is 11.9 Å². The van der Waals surface area contributed by atoms with E-state index in [1.54, 1.807) is 12.1 Å². The molecule has 1 aromatic carbocycles. The molecular weight excluding hydrogens is 183 g/mol. The van der Waals surface area contributed by atoms with Gasteiger partial charge in [0.1, 0.15) is 23.4 Å². The van der Waals surface area contributed by atoms with Gasteiger partial charge < -0.3 is 9.03 Å². The van der Waals surface area contributed by atoms with Crippen LogP contribution in [-0.4, -0.2) is 6.86 Å². The highest BCUT2D eigenvalue weighted by Gasteiger charge is 1.99. The Bertz CT molecular complexity index is 265. The summed E-state index contributed by atoms with van der Waals surface area (Å²) < 4.78 is 20.8. The number of ether oxygens (including phenoxy) is 1. The van der Waals surface area contributed by atoms with Gasteiger partial charge >= 0.3 is 0 Å². The fourth-order valence-electron chi connectivity index (χ4n) is 0.905. The summed E-state index contributed by atoms with van der Waals surface area (Å²) in [5, 5.41) is 0. The number of aryl methyl sites for hydroxylation is 1. The molecule has 0 saturated heterocycles. The number of hydrogen-bond acceptors (Lipinski definition) is 2. The molecule has 4 heteroatoms. The molecule has 0 heterocycles. The molecule has 0 spiro atoms. The zero-order valence-corrected chi connectivity index (χ0v) is 7.27. The molecule has 2 nitrogen and oxygen atoms in total. The van der Waals surface area contributed by atoms with Gasteiger partial charge in [-0.05, 0) is 24.6 Å². The van der Waals surface area contributed by atoms with Crippen LogP contribution in [0.4, 0.5) is 4.39 Å². The maximum absolute atomic E-state index is 11.8. The first-order valence-corrected chi connectivity index (χ1v) is 3.66. The molecule has 0 saturated carbocycles. The lowest BCUT2D eigenvalue weighted by atomic mass is 10.2. The number of benzene rings is 1. The lowest BCUT2D eigenvalue weighted by molar-refractivity contribution is 0.191. The summed E-state index contributed by atoms with van der Waals surface area (Å²) in [5.74, 6) is 0.855. The number of hydrogen-bond donors (Lipinski definition) is 0. The van der Waals surface area contributed by atoms with E-state index < -0.39 is 6.86 Å². The van der Waals surface area contributed by atoms with Gasteiger partial charge in [0.15, 0.2) is 0 Å². The second-order valence-corrected chi connectivity index (χ2v) is 2.47. The summed E-state index contributed by atoms with van der Waals surface area (Å²) in [6.07, 6.45) is 0. The van der Waals surface area contributed by atoms with Crippen LogP contribution in [0.2, 0.25) is 0 Å². The van der Waals surface area contributed by atoms with Crippen molar-refractivity contribution in [1.29, 1.82) is 0 Å². The Morgan fingerprint density at radius 1 is 1.33 bits per heavy atom. The zero-order valence-electron chi connectivity index (χ0n) is 6.51. The molecule has 0 aliphatic heterocycles. The normalized spacial score (nSPS) is 9.58. The van der Waals surface area contributed by atoms with Gasteiger partial charge in [0.2, 0.25) is 6.86 Å². The SMILES string of the molecule is Cc1cc(OCl)cc(OCF)c1. The highest BCUT2D eigenvalue weighted by molar-refractivity contribution is 6.09. The fourth-order valence-corrected chi connectivity index (χ4v) is 0.994. The Kier molecular flexibility index (Phi) is 3.17. The van der Waals surface area contributed by atoms with Gasteiger partial charge in [-0.15, -0.1) is 0 Å². The quantitative estimate of drug-likeness (QED) is 0.730. The average Bonchev–Trinajstić information content (AvgIpc) is 2.04. The van der Waals surface area contributed by atoms with Crippen LogP contribution in [0.5, 0.6) is 11.5 Å². The second-order valence-electron chi connectivity index (χ2n) is 2.31. The molecule has 66 valence electrons. The first kappa shape index (κ1) is 9.13. The van der Waals surface area contributed by atoms with Crippen molar-refractivity contribution < 1.29 is 13.4 Å². The lowest BCUT2D eigenvalue weighted by Gasteiger charge is -2.03. The Hall–Kier alpha value is -0.960. The van der Waals surface area contributed by atoms with Crippen LogP contribution >= 0.6 is 11.9 Å². The third-order valence-corrected chi connectivity index (χ3v) is 1.51. The summed E-state index contributed by atoms with van der Waals surface area (Å²) in [4.78, 5) is 0. The van der Waals surface area contributed by atoms with Crippen molar-refractivity contribution in [2.24, 2.45) is 0 Å². The maximum atomic E-state index is 11.8. The lowest BCUT2D eigenvalue weighted by Crippen LogP contribution is -1.90. The third-order valence-electron chi connectivity index (χ3n) is 1.33. The van der Waals surface area contributed by atoms with Crippen molar-refractivity contribution in [3.05, 3.63) is 23.8 Å². The van der Waals surface area contributed by atoms with Gasteiger partial charge in [-0.25, -0.2) is 4.39 Å². The molecule has 0 bridgehead atoms. The van der Waals surface area contributed by atoms with E-state index in [0.717, 1.165) is 5.56 Å². The molecule has 0 aromatic heterocycles. The first-order chi connectivity index (χ1) is 5.76. The van der Waals surface area contributed by atoms with E-state index in [0.29, 0.717) is 11.5 Å². The summed E-state index contributed by atoms with van der Waals surface area (Å²) in [7, 11) is 0. The number of rotatable bonds is 3. The molecule has 0 amide bonds. The molecule has 0 aliphatic rings. The van der Waals surface area contributed by atoms with Crippen molar-refractivity contribution in [3.8, 4) is 11.5 Å². The Labute approximate surface area is 75.0 Å². The fraction of sp³-hybridized carbons (Fsp3) is 0.250. The molecule has 1 aromatic rings. The van der Waals surface area contributed by atoms with Gasteiger partial charge in [0.25, 0.3) is 0 Å².